The fraction of sp³-hybridized carbons (Fsp3) is 0.211. The number of phenolic OH excluding ortho intramolecular Hbond substituents is 1. The number of phenols is 1. The Morgan fingerprint density at radius 3 is 2.68 bits per heavy atom. The first kappa shape index (κ1) is 20.5. The second-order valence-corrected chi connectivity index (χ2v) is 8.82. The molecule has 146 valence electrons. The Hall–Kier alpha value is -2.20. The molecule has 1 fully saturated rings. The second-order valence-electron chi connectivity index (χ2n) is 6.16. The highest BCUT2D eigenvalue weighted by Gasteiger charge is 2.34. The van der Waals surface area contributed by atoms with E-state index in [2.05, 4.69) is 0 Å². The van der Waals surface area contributed by atoms with Crippen LogP contribution in [0.15, 0.2) is 46.7 Å². The molecule has 1 aliphatic heterocycles. The largest absolute Gasteiger partial charge is 0.508 e. The van der Waals surface area contributed by atoms with E-state index in [1.54, 1.807) is 25.3 Å². The summed E-state index contributed by atoms with van der Waals surface area (Å²) in [7, 11) is 1.56. The molecule has 0 spiro atoms. The molecule has 2 amide bonds. The van der Waals surface area contributed by atoms with Crippen molar-refractivity contribution in [3.63, 3.8) is 0 Å². The molecule has 3 rings (SSSR count). The van der Waals surface area contributed by atoms with E-state index in [0.717, 1.165) is 4.88 Å². The quantitative estimate of drug-likeness (QED) is 0.538. The normalized spacial score (nSPS) is 16.6. The fourth-order valence-electron chi connectivity index (χ4n) is 2.56. The van der Waals surface area contributed by atoms with Gasteiger partial charge in [0.1, 0.15) is 16.6 Å². The van der Waals surface area contributed by atoms with Crippen molar-refractivity contribution in [2.75, 3.05) is 20.1 Å². The van der Waals surface area contributed by atoms with Gasteiger partial charge in [-0.05, 0) is 35.2 Å². The number of aromatic hydroxyl groups is 1. The fourth-order valence-corrected chi connectivity index (χ4v) is 4.54. The van der Waals surface area contributed by atoms with Crippen LogP contribution < -0.4 is 0 Å². The number of thiocarbonyl (C=S) groups is 1. The van der Waals surface area contributed by atoms with Crippen LogP contribution in [0.3, 0.4) is 0 Å². The summed E-state index contributed by atoms with van der Waals surface area (Å²) < 4.78 is 0.341. The van der Waals surface area contributed by atoms with E-state index in [-0.39, 0.29) is 30.7 Å². The van der Waals surface area contributed by atoms with Crippen LogP contribution in [0.5, 0.6) is 5.75 Å². The minimum absolute atomic E-state index is 0.0590. The number of thioether (sulfide) groups is 1. The molecule has 0 bridgehead atoms. The highest BCUT2D eigenvalue weighted by atomic mass is 32.2. The molecule has 0 saturated carbocycles. The van der Waals surface area contributed by atoms with Gasteiger partial charge in [0.25, 0.3) is 5.91 Å². The molecule has 1 aromatic heterocycles. The number of hydrogen-bond acceptors (Lipinski definition) is 7. The maximum absolute atomic E-state index is 12.6. The van der Waals surface area contributed by atoms with Crippen LogP contribution in [0.2, 0.25) is 0 Å². The lowest BCUT2D eigenvalue weighted by atomic mass is 10.1. The van der Waals surface area contributed by atoms with Crippen LogP contribution in [0.4, 0.5) is 0 Å². The van der Waals surface area contributed by atoms with Crippen LogP contribution in [0.25, 0.3) is 6.08 Å². The van der Waals surface area contributed by atoms with Gasteiger partial charge in [0.15, 0.2) is 0 Å². The molecule has 6 nitrogen and oxygen atoms in total. The Bertz CT molecular complexity index is 910. The minimum atomic E-state index is -0.903. The summed E-state index contributed by atoms with van der Waals surface area (Å²) in [6, 6.07) is 9.93. The van der Waals surface area contributed by atoms with Crippen LogP contribution >= 0.6 is 35.3 Å². The van der Waals surface area contributed by atoms with E-state index in [1.165, 1.54) is 45.0 Å². The SMILES string of the molecule is CN(CC(O)c1ccc(O)cc1)C(=O)CN1C(=O)C(=Cc2cccs2)SC1=S. The van der Waals surface area contributed by atoms with Gasteiger partial charge in [0, 0.05) is 11.9 Å². The number of thiophene rings is 1. The van der Waals surface area contributed by atoms with Gasteiger partial charge in [-0.3, -0.25) is 14.5 Å². The summed E-state index contributed by atoms with van der Waals surface area (Å²) in [4.78, 5) is 29.2. The predicted molar refractivity (Wildman–Crippen MR) is 115 cm³/mol. The molecule has 2 aromatic rings. The van der Waals surface area contributed by atoms with E-state index < -0.39 is 6.10 Å². The van der Waals surface area contributed by atoms with Crippen molar-refractivity contribution in [3.8, 4) is 5.75 Å². The Kier molecular flexibility index (Phi) is 6.50. The van der Waals surface area contributed by atoms with Crippen LogP contribution in [0, 0.1) is 0 Å². The topological polar surface area (TPSA) is 81.1 Å². The summed E-state index contributed by atoms with van der Waals surface area (Å²) in [5, 5.41) is 21.5. The van der Waals surface area contributed by atoms with Gasteiger partial charge in [-0.25, -0.2) is 0 Å². The van der Waals surface area contributed by atoms with E-state index in [9.17, 15) is 19.8 Å². The van der Waals surface area contributed by atoms with Crippen molar-refractivity contribution in [3.05, 3.63) is 57.1 Å². The van der Waals surface area contributed by atoms with Crippen molar-refractivity contribution in [2.45, 2.75) is 6.10 Å². The predicted octanol–water partition coefficient (Wildman–Crippen LogP) is 2.85. The number of amides is 2. The monoisotopic (exact) mass is 434 g/mol. The molecule has 1 unspecified atom stereocenters. The summed E-state index contributed by atoms with van der Waals surface area (Å²) in [5.41, 5.74) is 0.585. The summed E-state index contributed by atoms with van der Waals surface area (Å²) >= 11 is 7.95. The lowest BCUT2D eigenvalue weighted by Crippen LogP contribution is -2.41. The molecule has 28 heavy (non-hydrogen) atoms. The zero-order valence-corrected chi connectivity index (χ0v) is 17.4. The third-order valence-corrected chi connectivity index (χ3v) is 6.33. The van der Waals surface area contributed by atoms with Crippen LogP contribution in [0.1, 0.15) is 16.5 Å². The molecule has 1 aliphatic rings. The lowest BCUT2D eigenvalue weighted by Gasteiger charge is -2.23. The third kappa shape index (κ3) is 4.79. The van der Waals surface area contributed by atoms with Gasteiger partial charge in [0.05, 0.1) is 17.6 Å². The van der Waals surface area contributed by atoms with Gasteiger partial charge >= 0.3 is 0 Å². The molecule has 0 aliphatic carbocycles. The Morgan fingerprint density at radius 2 is 2.04 bits per heavy atom. The van der Waals surface area contributed by atoms with Crippen molar-refractivity contribution in [1.29, 1.82) is 0 Å². The number of aliphatic hydroxyl groups excluding tert-OH is 1. The minimum Gasteiger partial charge on any atom is -0.508 e. The average Bonchev–Trinajstić information content (AvgIpc) is 3.26. The molecular formula is C19H18N2O4S3. The van der Waals surface area contributed by atoms with E-state index >= 15 is 0 Å². The van der Waals surface area contributed by atoms with Crippen molar-refractivity contribution < 1.29 is 19.8 Å². The van der Waals surface area contributed by atoms with E-state index in [4.69, 9.17) is 12.2 Å². The van der Waals surface area contributed by atoms with Gasteiger partial charge in [-0.15, -0.1) is 11.3 Å². The number of carbonyl (C=O) groups is 2. The molecule has 0 radical (unpaired) electrons. The van der Waals surface area contributed by atoms with Gasteiger partial charge < -0.3 is 15.1 Å². The first-order chi connectivity index (χ1) is 13.3. The zero-order valence-electron chi connectivity index (χ0n) is 14.9. The lowest BCUT2D eigenvalue weighted by molar-refractivity contribution is -0.135. The first-order valence-electron chi connectivity index (χ1n) is 8.35. The first-order valence-corrected chi connectivity index (χ1v) is 10.5. The molecule has 1 atom stereocenters. The average molecular weight is 435 g/mol. The molecule has 2 heterocycles. The molecular weight excluding hydrogens is 416 g/mol. The van der Waals surface area contributed by atoms with E-state index in [1.807, 2.05) is 17.5 Å². The number of carbonyl (C=O) groups excluding carboxylic acids is 2. The number of nitrogens with zero attached hydrogens (tertiary/aromatic N) is 2. The molecule has 9 heteroatoms. The highest BCUT2D eigenvalue weighted by Crippen LogP contribution is 2.33. The standard InChI is InChI=1S/C19H18N2O4S3/c1-20(10-15(23)12-4-6-13(22)7-5-12)17(24)11-21-18(25)16(28-19(21)26)9-14-3-2-8-27-14/h2-9,15,22-23H,10-11H2,1H3. The third-order valence-electron chi connectivity index (χ3n) is 4.13. The number of rotatable bonds is 6. The zero-order chi connectivity index (χ0) is 20.3. The number of hydrogen-bond donors (Lipinski definition) is 2. The molecule has 1 aromatic carbocycles. The van der Waals surface area contributed by atoms with Gasteiger partial charge in [-0.2, -0.15) is 0 Å². The van der Waals surface area contributed by atoms with Crippen molar-refractivity contribution >= 4 is 57.5 Å². The number of likely N-dealkylation sites (N-methyl/N-ethyl adjacent to an activating group) is 1. The molecule has 2 N–H and O–H groups in total. The maximum atomic E-state index is 12.6. The number of benzene rings is 1. The smallest absolute Gasteiger partial charge is 0.266 e. The van der Waals surface area contributed by atoms with Crippen molar-refractivity contribution in [1.82, 2.24) is 9.80 Å². The number of aliphatic hydroxyl groups is 1. The Labute approximate surface area is 176 Å². The summed E-state index contributed by atoms with van der Waals surface area (Å²) in [5.74, 6) is -0.513. The Morgan fingerprint density at radius 1 is 1.32 bits per heavy atom. The van der Waals surface area contributed by atoms with Crippen LogP contribution in [-0.4, -0.2) is 56.3 Å². The summed E-state index contributed by atoms with van der Waals surface area (Å²) in [6.45, 7) is -0.116. The maximum Gasteiger partial charge on any atom is 0.266 e. The van der Waals surface area contributed by atoms with Crippen LogP contribution in [-0.2, 0) is 9.59 Å². The summed E-state index contributed by atoms with van der Waals surface area (Å²) in [6.07, 6.45) is 0.867. The van der Waals surface area contributed by atoms with Gasteiger partial charge in [0.2, 0.25) is 5.91 Å². The Balaban J connectivity index is 1.61. The van der Waals surface area contributed by atoms with Gasteiger partial charge in [-0.1, -0.05) is 42.2 Å². The second kappa shape index (κ2) is 8.87. The van der Waals surface area contributed by atoms with Crippen molar-refractivity contribution in [2.24, 2.45) is 0 Å². The van der Waals surface area contributed by atoms with E-state index in [0.29, 0.717) is 14.8 Å². The molecule has 1 saturated heterocycles. The highest BCUT2D eigenvalue weighted by molar-refractivity contribution is 8.26.